The second kappa shape index (κ2) is 5.08. The Kier molecular flexibility index (Phi) is 3.95. The molecule has 2 nitrogen and oxygen atoms in total. The first-order valence-corrected chi connectivity index (χ1v) is 7.60. The Morgan fingerprint density at radius 3 is 2.94 bits per heavy atom. The molecular formula is C12H20N2S2. The molecule has 0 aliphatic carbocycles. The van der Waals surface area contributed by atoms with Gasteiger partial charge in [-0.05, 0) is 25.3 Å². The Morgan fingerprint density at radius 1 is 1.56 bits per heavy atom. The van der Waals surface area contributed by atoms with Crippen molar-refractivity contribution < 1.29 is 0 Å². The van der Waals surface area contributed by atoms with Gasteiger partial charge in [-0.3, -0.25) is 4.90 Å². The van der Waals surface area contributed by atoms with Crippen LogP contribution < -0.4 is 5.73 Å². The fraction of sp³-hybridized carbons (Fsp3) is 0.667. The summed E-state index contributed by atoms with van der Waals surface area (Å²) in [5, 5.41) is 2.14. The maximum atomic E-state index is 5.94. The zero-order chi connectivity index (χ0) is 11.6. The van der Waals surface area contributed by atoms with Gasteiger partial charge in [-0.25, -0.2) is 0 Å². The lowest BCUT2D eigenvalue weighted by Gasteiger charge is -2.41. The number of nitrogens with zero attached hydrogens (tertiary/aromatic N) is 1. The summed E-state index contributed by atoms with van der Waals surface area (Å²) in [4.78, 5) is 3.95. The van der Waals surface area contributed by atoms with Gasteiger partial charge in [0.15, 0.2) is 0 Å². The van der Waals surface area contributed by atoms with Gasteiger partial charge in [-0.15, -0.1) is 11.3 Å². The normalized spacial score (nSPS) is 23.2. The van der Waals surface area contributed by atoms with Crippen LogP contribution in [0.15, 0.2) is 17.5 Å². The lowest BCUT2D eigenvalue weighted by atomic mass is 10.1. The lowest BCUT2D eigenvalue weighted by molar-refractivity contribution is 0.195. The maximum absolute atomic E-state index is 5.94. The molecule has 1 aromatic heterocycles. The molecule has 1 unspecified atom stereocenters. The SMILES string of the molecule is CC1(C)CN(C(CN)c2cccs2)CCS1. The van der Waals surface area contributed by atoms with Crippen molar-refractivity contribution in [1.29, 1.82) is 0 Å². The van der Waals surface area contributed by atoms with Gasteiger partial charge in [0.25, 0.3) is 0 Å². The molecule has 0 aromatic carbocycles. The minimum absolute atomic E-state index is 0.364. The van der Waals surface area contributed by atoms with Crippen LogP contribution in [0.5, 0.6) is 0 Å². The molecule has 0 saturated carbocycles. The number of nitrogens with two attached hydrogens (primary N) is 1. The largest absolute Gasteiger partial charge is 0.329 e. The maximum Gasteiger partial charge on any atom is 0.0565 e. The van der Waals surface area contributed by atoms with E-state index in [1.807, 2.05) is 11.3 Å². The van der Waals surface area contributed by atoms with Crippen molar-refractivity contribution in [3.05, 3.63) is 22.4 Å². The molecule has 16 heavy (non-hydrogen) atoms. The first kappa shape index (κ1) is 12.4. The van der Waals surface area contributed by atoms with Crippen LogP contribution in [-0.2, 0) is 0 Å². The van der Waals surface area contributed by atoms with Crippen molar-refractivity contribution >= 4 is 23.1 Å². The molecule has 2 heterocycles. The van der Waals surface area contributed by atoms with E-state index in [4.69, 9.17) is 5.73 Å². The van der Waals surface area contributed by atoms with Gasteiger partial charge in [0.2, 0.25) is 0 Å². The number of hydrogen-bond donors (Lipinski definition) is 1. The topological polar surface area (TPSA) is 29.3 Å². The van der Waals surface area contributed by atoms with Gasteiger partial charge in [0.05, 0.1) is 6.04 Å². The van der Waals surface area contributed by atoms with Crippen LogP contribution in [0, 0.1) is 0 Å². The number of hydrogen-bond acceptors (Lipinski definition) is 4. The summed E-state index contributed by atoms with van der Waals surface area (Å²) in [6.07, 6.45) is 0. The van der Waals surface area contributed by atoms with Crippen molar-refractivity contribution in [3.8, 4) is 0 Å². The molecule has 1 aliphatic rings. The minimum atomic E-state index is 0.364. The number of rotatable bonds is 3. The fourth-order valence-electron chi connectivity index (χ4n) is 2.25. The summed E-state index contributed by atoms with van der Waals surface area (Å²) in [6, 6.07) is 4.74. The molecule has 2 N–H and O–H groups in total. The Hall–Kier alpha value is -0.0300. The van der Waals surface area contributed by atoms with E-state index in [0.29, 0.717) is 10.8 Å². The highest BCUT2D eigenvalue weighted by atomic mass is 32.2. The number of thiophene rings is 1. The monoisotopic (exact) mass is 256 g/mol. The second-order valence-electron chi connectivity index (χ2n) is 4.85. The Bertz CT molecular complexity index is 322. The molecule has 1 saturated heterocycles. The van der Waals surface area contributed by atoms with Gasteiger partial charge in [0.1, 0.15) is 0 Å². The van der Waals surface area contributed by atoms with Gasteiger partial charge < -0.3 is 5.73 Å². The second-order valence-corrected chi connectivity index (χ2v) is 7.63. The van der Waals surface area contributed by atoms with Gasteiger partial charge in [-0.1, -0.05) is 6.07 Å². The zero-order valence-electron chi connectivity index (χ0n) is 9.98. The van der Waals surface area contributed by atoms with E-state index in [1.54, 1.807) is 0 Å². The average molecular weight is 256 g/mol. The summed E-state index contributed by atoms with van der Waals surface area (Å²) in [5.41, 5.74) is 5.94. The molecular weight excluding hydrogens is 236 g/mol. The smallest absolute Gasteiger partial charge is 0.0565 e. The highest BCUT2D eigenvalue weighted by Crippen LogP contribution is 2.34. The number of thioether (sulfide) groups is 1. The third-order valence-electron chi connectivity index (χ3n) is 2.99. The standard InChI is InChI=1S/C12H20N2S2/c1-12(2)9-14(5-7-16-12)10(8-13)11-4-3-6-15-11/h3-4,6,10H,5,7-9,13H2,1-2H3. The van der Waals surface area contributed by atoms with Crippen molar-refractivity contribution in [2.45, 2.75) is 24.6 Å². The zero-order valence-corrected chi connectivity index (χ0v) is 11.6. The first-order chi connectivity index (χ1) is 7.62. The van der Waals surface area contributed by atoms with Gasteiger partial charge in [0, 0.05) is 35.0 Å². The molecule has 90 valence electrons. The molecule has 1 atom stereocenters. The summed E-state index contributed by atoms with van der Waals surface area (Å²) < 4.78 is 0.364. The van der Waals surface area contributed by atoms with E-state index in [2.05, 4.69) is 48.0 Å². The van der Waals surface area contributed by atoms with E-state index < -0.39 is 0 Å². The van der Waals surface area contributed by atoms with Crippen LogP contribution in [0.3, 0.4) is 0 Å². The summed E-state index contributed by atoms with van der Waals surface area (Å²) >= 11 is 3.89. The van der Waals surface area contributed by atoms with E-state index in [-0.39, 0.29) is 0 Å². The fourth-order valence-corrected chi connectivity index (χ4v) is 4.25. The van der Waals surface area contributed by atoms with Crippen LogP contribution in [0.1, 0.15) is 24.8 Å². The van der Waals surface area contributed by atoms with Gasteiger partial charge >= 0.3 is 0 Å². The Balaban J connectivity index is 2.10. The van der Waals surface area contributed by atoms with Crippen LogP contribution in [0.2, 0.25) is 0 Å². The van der Waals surface area contributed by atoms with Crippen molar-refractivity contribution in [2.75, 3.05) is 25.4 Å². The Morgan fingerprint density at radius 2 is 2.38 bits per heavy atom. The van der Waals surface area contributed by atoms with Crippen molar-refractivity contribution in [3.63, 3.8) is 0 Å². The van der Waals surface area contributed by atoms with E-state index in [0.717, 1.165) is 19.6 Å². The van der Waals surface area contributed by atoms with E-state index >= 15 is 0 Å². The van der Waals surface area contributed by atoms with Crippen LogP contribution >= 0.6 is 23.1 Å². The van der Waals surface area contributed by atoms with E-state index in [1.165, 1.54) is 10.6 Å². The molecule has 4 heteroatoms. The third-order valence-corrected chi connectivity index (χ3v) is 5.26. The van der Waals surface area contributed by atoms with E-state index in [9.17, 15) is 0 Å². The molecule has 1 fully saturated rings. The predicted octanol–water partition coefficient (Wildman–Crippen LogP) is 2.58. The lowest BCUT2D eigenvalue weighted by Crippen LogP contribution is -2.46. The highest BCUT2D eigenvalue weighted by molar-refractivity contribution is 8.00. The predicted molar refractivity (Wildman–Crippen MR) is 74.2 cm³/mol. The van der Waals surface area contributed by atoms with Crippen LogP contribution in [0.4, 0.5) is 0 Å². The Labute approximate surface area is 106 Å². The molecule has 1 aliphatic heterocycles. The highest BCUT2D eigenvalue weighted by Gasteiger charge is 2.31. The summed E-state index contributed by atoms with van der Waals surface area (Å²) in [7, 11) is 0. The van der Waals surface area contributed by atoms with Crippen LogP contribution in [-0.4, -0.2) is 35.0 Å². The summed E-state index contributed by atoms with van der Waals surface area (Å²) in [6.45, 7) is 7.67. The van der Waals surface area contributed by atoms with Crippen molar-refractivity contribution in [1.82, 2.24) is 4.90 Å². The quantitative estimate of drug-likeness (QED) is 0.901. The molecule has 0 bridgehead atoms. The molecule has 0 amide bonds. The summed E-state index contributed by atoms with van der Waals surface area (Å²) in [5.74, 6) is 1.22. The molecule has 0 spiro atoms. The average Bonchev–Trinajstić information content (AvgIpc) is 2.71. The minimum Gasteiger partial charge on any atom is -0.329 e. The van der Waals surface area contributed by atoms with Crippen molar-refractivity contribution in [2.24, 2.45) is 5.73 Å². The van der Waals surface area contributed by atoms with Gasteiger partial charge in [-0.2, -0.15) is 11.8 Å². The molecule has 0 radical (unpaired) electrons. The first-order valence-electron chi connectivity index (χ1n) is 5.74. The molecule has 2 rings (SSSR count). The van der Waals surface area contributed by atoms with Crippen LogP contribution in [0.25, 0.3) is 0 Å². The third kappa shape index (κ3) is 2.80. The molecule has 1 aromatic rings.